The molecule has 2 amide bonds. The predicted molar refractivity (Wildman–Crippen MR) is 89.8 cm³/mol. The molecule has 0 aliphatic carbocycles. The predicted octanol–water partition coefficient (Wildman–Crippen LogP) is 2.94. The standard InChI is InChI=1S/C19H18F2N2O2/c1-12-10-14(20)6-7-17(12)23-9-8-15(19(23)25)18(24)22-11-13-4-2-3-5-16(13)21/h2-7,10,15H,8-9,11H2,1H3,(H,22,24). The molecule has 6 heteroatoms. The van der Waals surface area contributed by atoms with Gasteiger partial charge in [-0.15, -0.1) is 0 Å². The van der Waals surface area contributed by atoms with Crippen LogP contribution in [0, 0.1) is 24.5 Å². The summed E-state index contributed by atoms with van der Waals surface area (Å²) in [4.78, 5) is 26.4. The van der Waals surface area contributed by atoms with E-state index in [1.165, 1.54) is 23.1 Å². The Morgan fingerprint density at radius 2 is 2.00 bits per heavy atom. The Hall–Kier alpha value is -2.76. The zero-order valence-electron chi connectivity index (χ0n) is 13.8. The smallest absolute Gasteiger partial charge is 0.239 e. The lowest BCUT2D eigenvalue weighted by molar-refractivity contribution is -0.132. The third kappa shape index (κ3) is 3.52. The van der Waals surface area contributed by atoms with Crippen LogP contribution in [0.25, 0.3) is 0 Å². The fourth-order valence-electron chi connectivity index (χ4n) is 3.03. The summed E-state index contributed by atoms with van der Waals surface area (Å²) < 4.78 is 26.8. The molecule has 1 fully saturated rings. The Kier molecular flexibility index (Phi) is 4.79. The number of anilines is 1. The van der Waals surface area contributed by atoms with E-state index in [0.717, 1.165) is 0 Å². The van der Waals surface area contributed by atoms with E-state index in [9.17, 15) is 18.4 Å². The molecular weight excluding hydrogens is 326 g/mol. The highest BCUT2D eigenvalue weighted by Crippen LogP contribution is 2.28. The van der Waals surface area contributed by atoms with E-state index in [0.29, 0.717) is 29.8 Å². The second-order valence-corrected chi connectivity index (χ2v) is 6.07. The number of nitrogens with zero attached hydrogens (tertiary/aromatic N) is 1. The molecule has 130 valence electrons. The van der Waals surface area contributed by atoms with Crippen molar-refractivity contribution in [3.05, 3.63) is 65.2 Å². The van der Waals surface area contributed by atoms with Crippen LogP contribution in [0.2, 0.25) is 0 Å². The Bertz CT molecular complexity index is 823. The summed E-state index contributed by atoms with van der Waals surface area (Å²) in [6.07, 6.45) is 0.374. The van der Waals surface area contributed by atoms with Gasteiger partial charge in [-0.2, -0.15) is 0 Å². The van der Waals surface area contributed by atoms with Gasteiger partial charge in [-0.25, -0.2) is 8.78 Å². The van der Waals surface area contributed by atoms with Crippen LogP contribution in [0.5, 0.6) is 0 Å². The molecule has 1 heterocycles. The van der Waals surface area contributed by atoms with Crippen molar-refractivity contribution in [1.29, 1.82) is 0 Å². The molecule has 4 nitrogen and oxygen atoms in total. The third-order valence-corrected chi connectivity index (χ3v) is 4.38. The van der Waals surface area contributed by atoms with Gasteiger partial charge in [0.2, 0.25) is 11.8 Å². The molecule has 0 aromatic heterocycles. The first-order valence-corrected chi connectivity index (χ1v) is 8.06. The summed E-state index contributed by atoms with van der Waals surface area (Å²) in [5, 5.41) is 2.62. The summed E-state index contributed by atoms with van der Waals surface area (Å²) >= 11 is 0. The van der Waals surface area contributed by atoms with Crippen molar-refractivity contribution >= 4 is 17.5 Å². The van der Waals surface area contributed by atoms with Gasteiger partial charge >= 0.3 is 0 Å². The number of carbonyl (C=O) groups is 2. The van der Waals surface area contributed by atoms with Gasteiger partial charge in [0.1, 0.15) is 17.6 Å². The van der Waals surface area contributed by atoms with Crippen molar-refractivity contribution < 1.29 is 18.4 Å². The number of carbonyl (C=O) groups excluding carboxylic acids is 2. The highest BCUT2D eigenvalue weighted by Gasteiger charge is 2.37. The van der Waals surface area contributed by atoms with Gasteiger partial charge in [0.15, 0.2) is 0 Å². The van der Waals surface area contributed by atoms with E-state index in [4.69, 9.17) is 0 Å². The Labute approximate surface area is 144 Å². The van der Waals surface area contributed by atoms with Crippen molar-refractivity contribution in [1.82, 2.24) is 5.32 Å². The van der Waals surface area contributed by atoms with Crippen LogP contribution in [0.4, 0.5) is 14.5 Å². The normalized spacial score (nSPS) is 17.0. The Balaban J connectivity index is 1.67. The molecule has 2 aromatic carbocycles. The lowest BCUT2D eigenvalue weighted by atomic mass is 10.1. The maximum absolute atomic E-state index is 13.6. The van der Waals surface area contributed by atoms with E-state index in [1.807, 2.05) is 0 Å². The van der Waals surface area contributed by atoms with Gasteiger partial charge in [0, 0.05) is 24.3 Å². The summed E-state index contributed by atoms with van der Waals surface area (Å²) in [5.74, 6) is -2.32. The second kappa shape index (κ2) is 7.01. The lowest BCUT2D eigenvalue weighted by Gasteiger charge is -2.19. The SMILES string of the molecule is Cc1cc(F)ccc1N1CCC(C(=O)NCc2ccccc2F)C1=O. The number of benzene rings is 2. The van der Waals surface area contributed by atoms with E-state index in [-0.39, 0.29) is 18.3 Å². The van der Waals surface area contributed by atoms with Crippen molar-refractivity contribution in [2.24, 2.45) is 5.92 Å². The van der Waals surface area contributed by atoms with Crippen molar-refractivity contribution in [3.63, 3.8) is 0 Å². The van der Waals surface area contributed by atoms with Crippen LogP contribution < -0.4 is 10.2 Å². The number of hydrogen-bond donors (Lipinski definition) is 1. The fraction of sp³-hybridized carbons (Fsp3) is 0.263. The third-order valence-electron chi connectivity index (χ3n) is 4.38. The molecule has 1 atom stereocenters. The van der Waals surface area contributed by atoms with Gasteiger partial charge in [-0.1, -0.05) is 18.2 Å². The lowest BCUT2D eigenvalue weighted by Crippen LogP contribution is -2.36. The van der Waals surface area contributed by atoms with E-state index in [1.54, 1.807) is 31.2 Å². The minimum Gasteiger partial charge on any atom is -0.351 e. The molecule has 0 radical (unpaired) electrons. The largest absolute Gasteiger partial charge is 0.351 e. The first-order valence-electron chi connectivity index (χ1n) is 8.06. The monoisotopic (exact) mass is 344 g/mol. The number of hydrogen-bond acceptors (Lipinski definition) is 2. The second-order valence-electron chi connectivity index (χ2n) is 6.07. The van der Waals surface area contributed by atoms with Gasteiger partial charge in [0.25, 0.3) is 0 Å². The molecule has 3 rings (SSSR count). The fourth-order valence-corrected chi connectivity index (χ4v) is 3.03. The average Bonchev–Trinajstić information content (AvgIpc) is 2.95. The number of amides is 2. The minimum absolute atomic E-state index is 0.0326. The quantitative estimate of drug-likeness (QED) is 0.867. The highest BCUT2D eigenvalue weighted by molar-refractivity contribution is 6.09. The van der Waals surface area contributed by atoms with E-state index in [2.05, 4.69) is 5.32 Å². The van der Waals surface area contributed by atoms with Gasteiger partial charge in [-0.3, -0.25) is 9.59 Å². The van der Waals surface area contributed by atoms with Crippen LogP contribution >= 0.6 is 0 Å². The topological polar surface area (TPSA) is 49.4 Å². The number of aryl methyl sites for hydroxylation is 1. The van der Waals surface area contributed by atoms with Crippen LogP contribution in [0.15, 0.2) is 42.5 Å². The van der Waals surface area contributed by atoms with Crippen molar-refractivity contribution in [2.45, 2.75) is 19.9 Å². The van der Waals surface area contributed by atoms with Crippen LogP contribution in [0.1, 0.15) is 17.5 Å². The molecule has 1 saturated heterocycles. The first-order chi connectivity index (χ1) is 12.0. The zero-order valence-corrected chi connectivity index (χ0v) is 13.8. The van der Waals surface area contributed by atoms with E-state index >= 15 is 0 Å². The van der Waals surface area contributed by atoms with Gasteiger partial charge in [-0.05, 0) is 43.2 Å². The molecule has 2 aromatic rings. The van der Waals surface area contributed by atoms with Gasteiger partial charge in [0.05, 0.1) is 0 Å². The molecule has 1 unspecified atom stereocenters. The van der Waals surface area contributed by atoms with Crippen LogP contribution in [0.3, 0.4) is 0 Å². The van der Waals surface area contributed by atoms with E-state index < -0.39 is 17.6 Å². The molecule has 0 saturated carbocycles. The molecule has 0 bridgehead atoms. The molecule has 1 aliphatic heterocycles. The molecule has 0 spiro atoms. The molecule has 1 N–H and O–H groups in total. The minimum atomic E-state index is -0.809. The number of rotatable bonds is 4. The summed E-state index contributed by atoms with van der Waals surface area (Å²) in [6.45, 7) is 2.14. The number of nitrogens with one attached hydrogen (secondary N) is 1. The highest BCUT2D eigenvalue weighted by atomic mass is 19.1. The zero-order chi connectivity index (χ0) is 18.0. The molecule has 25 heavy (non-hydrogen) atoms. The molecular formula is C19H18F2N2O2. The van der Waals surface area contributed by atoms with Gasteiger partial charge < -0.3 is 10.2 Å². The maximum atomic E-state index is 13.6. The number of halogens is 2. The van der Waals surface area contributed by atoms with Crippen molar-refractivity contribution in [2.75, 3.05) is 11.4 Å². The summed E-state index contributed by atoms with van der Waals surface area (Å²) in [6, 6.07) is 10.4. The maximum Gasteiger partial charge on any atom is 0.239 e. The summed E-state index contributed by atoms with van der Waals surface area (Å²) in [5.41, 5.74) is 1.61. The van der Waals surface area contributed by atoms with Crippen LogP contribution in [-0.4, -0.2) is 18.4 Å². The summed E-state index contributed by atoms with van der Waals surface area (Å²) in [7, 11) is 0. The van der Waals surface area contributed by atoms with Crippen molar-refractivity contribution in [3.8, 4) is 0 Å². The van der Waals surface area contributed by atoms with Crippen LogP contribution in [-0.2, 0) is 16.1 Å². The Morgan fingerprint density at radius 3 is 2.72 bits per heavy atom. The molecule has 1 aliphatic rings. The first kappa shape index (κ1) is 17.1. The Morgan fingerprint density at radius 1 is 1.24 bits per heavy atom. The average molecular weight is 344 g/mol.